The number of urea groups is 1. The highest BCUT2D eigenvalue weighted by Gasteiger charge is 2.42. The van der Waals surface area contributed by atoms with Crippen LogP contribution in [0.4, 0.5) is 4.79 Å². The van der Waals surface area contributed by atoms with Crippen molar-refractivity contribution in [3.05, 3.63) is 47.5 Å². The van der Waals surface area contributed by atoms with Gasteiger partial charge in [0.15, 0.2) is 18.2 Å². The lowest BCUT2D eigenvalue weighted by molar-refractivity contribution is -0.139. The maximum Gasteiger partial charge on any atom is 0.315 e. The molecular formula is C67H103N5O26S. The third-order valence-corrected chi connectivity index (χ3v) is 16.0. The van der Waals surface area contributed by atoms with Crippen molar-refractivity contribution in [2.45, 2.75) is 101 Å². The molecule has 2 aliphatic rings. The first kappa shape index (κ1) is 84.8. The molecule has 0 bridgehead atoms. The summed E-state index contributed by atoms with van der Waals surface area (Å²) in [7, 11) is 0. The van der Waals surface area contributed by atoms with Gasteiger partial charge in [-0.15, -0.1) is 0 Å². The normalized spacial score (nSPS) is 14.7. The molecule has 99 heavy (non-hydrogen) atoms. The molecule has 2 aromatic carbocycles. The van der Waals surface area contributed by atoms with Gasteiger partial charge in [0, 0.05) is 68.5 Å². The Balaban J connectivity index is 1.34. The number of ether oxygens (including phenoxy) is 14. The summed E-state index contributed by atoms with van der Waals surface area (Å²) in [5.74, 6) is -2.66. The van der Waals surface area contributed by atoms with Crippen LogP contribution < -0.4 is 36.1 Å². The van der Waals surface area contributed by atoms with Crippen LogP contribution in [0.5, 0.6) is 11.5 Å². The third kappa shape index (κ3) is 43.6. The van der Waals surface area contributed by atoms with E-state index < -0.39 is 23.8 Å². The molecule has 0 unspecified atom stereocenters. The number of carboxylic acid groups (broad SMARTS) is 3. The van der Waals surface area contributed by atoms with Gasteiger partial charge in [0.05, 0.1) is 183 Å². The Morgan fingerprint density at radius 2 is 0.859 bits per heavy atom. The topological polar surface area (TPSA) is 404 Å². The standard InChI is InChI=1S/C67H103N5O26S/c73-54(5-4-17-85-23-29-91-35-36-92-30-24-86-18-11-63(78)79)47-97-56-45-52(43-53(46-56)58(74)6-3-14-68-60(75)8-2-1-7-59-66-57(49-99-59)71-67(84)72-66)51-41-50(9-10-61(76)69-15-21-89-27-33-95-39-37-93-31-25-87-19-12-64(80)81)42-55(44-51)98-48-62(77)70-16-22-90-28-34-96-40-38-94-32-26-88-20-13-65(82)83/h41-46,57,59,66H,1-40,47-49H2,(H,68,75)(H,69,76)(H,70,77)(H,78,79)(H,80,81)(H,82,83)(H2,71,72,84)/t57-,59-,66-/m0/s1. The minimum atomic E-state index is -0.932. The summed E-state index contributed by atoms with van der Waals surface area (Å²) in [6, 6.07) is 10.3. The van der Waals surface area contributed by atoms with Crippen molar-refractivity contribution < 1.29 is 125 Å². The molecule has 558 valence electrons. The average Bonchev–Trinajstić information content (AvgIpc) is 1.80. The first-order valence-corrected chi connectivity index (χ1v) is 34.9. The molecule has 8 N–H and O–H groups in total. The molecule has 2 aromatic rings. The Morgan fingerprint density at radius 3 is 1.38 bits per heavy atom. The van der Waals surface area contributed by atoms with Gasteiger partial charge in [0.25, 0.3) is 5.91 Å². The number of hydrogen-bond donors (Lipinski definition) is 8. The maximum absolute atomic E-state index is 14.1. The van der Waals surface area contributed by atoms with Crippen LogP contribution in [0.2, 0.25) is 0 Å². The van der Waals surface area contributed by atoms with E-state index in [1.165, 1.54) is 0 Å². The van der Waals surface area contributed by atoms with E-state index in [-0.39, 0.29) is 202 Å². The van der Waals surface area contributed by atoms with Crippen molar-refractivity contribution in [1.82, 2.24) is 26.6 Å². The van der Waals surface area contributed by atoms with Crippen LogP contribution in [0.15, 0.2) is 36.4 Å². The zero-order valence-electron chi connectivity index (χ0n) is 56.7. The fraction of sp³-hybridized carbons (Fsp3) is 0.687. The molecule has 2 aliphatic heterocycles. The Morgan fingerprint density at radius 1 is 0.414 bits per heavy atom. The van der Waals surface area contributed by atoms with E-state index >= 15 is 0 Å². The second kappa shape index (κ2) is 55.1. The zero-order valence-corrected chi connectivity index (χ0v) is 57.6. The van der Waals surface area contributed by atoms with Crippen molar-refractivity contribution in [3.63, 3.8) is 0 Å². The van der Waals surface area contributed by atoms with Crippen LogP contribution in [-0.2, 0) is 96.8 Å². The molecule has 2 heterocycles. The Labute approximate surface area is 582 Å². The predicted octanol–water partition coefficient (Wildman–Crippen LogP) is 3.05. The van der Waals surface area contributed by atoms with Crippen molar-refractivity contribution in [1.29, 1.82) is 0 Å². The highest BCUT2D eigenvalue weighted by molar-refractivity contribution is 8.00. The number of fused-ring (bicyclic) bond motifs is 1. The van der Waals surface area contributed by atoms with E-state index in [4.69, 9.17) is 81.6 Å². The first-order valence-electron chi connectivity index (χ1n) is 33.8. The smallest absolute Gasteiger partial charge is 0.315 e. The van der Waals surface area contributed by atoms with Gasteiger partial charge < -0.3 is 108 Å². The fourth-order valence-electron chi connectivity index (χ4n) is 9.49. The summed E-state index contributed by atoms with van der Waals surface area (Å²) in [4.78, 5) is 110. The Kier molecular flexibility index (Phi) is 47.2. The summed E-state index contributed by atoms with van der Waals surface area (Å²) < 4.78 is 77.3. The van der Waals surface area contributed by atoms with Crippen LogP contribution in [0.3, 0.4) is 0 Å². The van der Waals surface area contributed by atoms with Crippen molar-refractivity contribution in [2.75, 3.05) is 197 Å². The molecule has 31 nitrogen and oxygen atoms in total. The van der Waals surface area contributed by atoms with E-state index in [0.717, 1.165) is 18.6 Å². The lowest BCUT2D eigenvalue weighted by Gasteiger charge is -2.16. The van der Waals surface area contributed by atoms with E-state index in [1.54, 1.807) is 30.3 Å². The van der Waals surface area contributed by atoms with Gasteiger partial charge in [-0.05, 0) is 79.1 Å². The van der Waals surface area contributed by atoms with Gasteiger partial charge in [-0.2, -0.15) is 11.8 Å². The maximum atomic E-state index is 14.1. The highest BCUT2D eigenvalue weighted by Crippen LogP contribution is 2.34. The molecule has 0 aliphatic carbocycles. The van der Waals surface area contributed by atoms with E-state index in [2.05, 4.69) is 26.6 Å². The molecule has 2 fully saturated rings. The van der Waals surface area contributed by atoms with E-state index in [0.29, 0.717) is 140 Å². The van der Waals surface area contributed by atoms with E-state index in [9.17, 15) is 43.2 Å². The van der Waals surface area contributed by atoms with Crippen LogP contribution in [-0.4, -0.2) is 283 Å². The number of unbranched alkanes of at least 4 members (excludes halogenated alkanes) is 1. The van der Waals surface area contributed by atoms with Gasteiger partial charge in [0.1, 0.15) is 18.1 Å². The fourth-order valence-corrected chi connectivity index (χ4v) is 11.0. The van der Waals surface area contributed by atoms with Crippen molar-refractivity contribution >= 4 is 65.0 Å². The summed E-state index contributed by atoms with van der Waals surface area (Å²) >= 11 is 1.83. The molecule has 0 saturated carbocycles. The van der Waals surface area contributed by atoms with Gasteiger partial charge >= 0.3 is 23.9 Å². The second-order valence-corrected chi connectivity index (χ2v) is 23.8. The van der Waals surface area contributed by atoms with Gasteiger partial charge in [-0.25, -0.2) is 4.79 Å². The van der Waals surface area contributed by atoms with Crippen molar-refractivity contribution in [3.8, 4) is 22.6 Å². The van der Waals surface area contributed by atoms with E-state index in [1.807, 2.05) is 17.8 Å². The number of carbonyl (C=O) groups is 9. The minimum absolute atomic E-state index is 0.0688. The number of ketones is 2. The number of Topliss-reactive ketones (excluding diaryl/α,β-unsaturated/α-hetero) is 2. The summed E-state index contributed by atoms with van der Waals surface area (Å²) in [6.45, 7) is 6.54. The van der Waals surface area contributed by atoms with Gasteiger partial charge in [-0.3, -0.25) is 38.4 Å². The molecule has 3 atom stereocenters. The van der Waals surface area contributed by atoms with Gasteiger partial charge in [0.2, 0.25) is 11.8 Å². The summed E-state index contributed by atoms with van der Waals surface area (Å²) in [6.07, 6.45) is 3.81. The summed E-state index contributed by atoms with van der Waals surface area (Å²) in [5.41, 5.74) is 2.02. The second-order valence-electron chi connectivity index (χ2n) is 22.6. The number of aliphatic carboxylic acids is 3. The number of carboxylic acids is 3. The molecule has 4 rings (SSSR count). The van der Waals surface area contributed by atoms with Crippen LogP contribution >= 0.6 is 11.8 Å². The number of rotatable bonds is 66. The molecule has 0 radical (unpaired) electrons. The van der Waals surface area contributed by atoms with Crippen LogP contribution in [0, 0.1) is 0 Å². The summed E-state index contributed by atoms with van der Waals surface area (Å²) in [5, 5.41) is 40.8. The number of carbonyl (C=O) groups excluding carboxylic acids is 6. The number of nitrogens with one attached hydrogen (secondary N) is 5. The average molecular weight is 1430 g/mol. The molecular weight excluding hydrogens is 1320 g/mol. The highest BCUT2D eigenvalue weighted by atomic mass is 32.2. The number of benzene rings is 2. The van der Waals surface area contributed by atoms with Crippen LogP contribution in [0.25, 0.3) is 11.1 Å². The number of amides is 5. The molecule has 32 heteroatoms. The lowest BCUT2D eigenvalue weighted by Crippen LogP contribution is -2.36. The minimum Gasteiger partial charge on any atom is -0.486 e. The first-order chi connectivity index (χ1) is 48.1. The monoisotopic (exact) mass is 1430 g/mol. The van der Waals surface area contributed by atoms with Gasteiger partial charge in [-0.1, -0.05) is 12.5 Å². The molecule has 2 saturated heterocycles. The molecule has 0 spiro atoms. The Bertz CT molecular complexity index is 2580. The largest absolute Gasteiger partial charge is 0.486 e. The quantitative estimate of drug-likeness (QED) is 0.0268. The Hall–Kier alpha value is -6.66. The number of thioether (sulfide) groups is 1. The third-order valence-electron chi connectivity index (χ3n) is 14.5. The number of aryl methyl sites for hydroxylation is 1. The SMILES string of the molecule is O=C(O)CCOCCOCCOCCOCCCC(=O)COc1cc(C(=O)CCCNC(=O)CCCC[C@@H]2SC[C@@H]3NC(=O)N[C@@H]32)cc(-c2cc(CCC(=O)NCCOCCOCCOCCOCCC(=O)O)cc(OCC(=O)NCCOCCOCCOCCOCCC(=O)O)c2)c1. The molecule has 5 amide bonds. The lowest BCUT2D eigenvalue weighted by atomic mass is 9.96. The zero-order chi connectivity index (χ0) is 71.2. The molecule has 0 aromatic heterocycles. The predicted molar refractivity (Wildman–Crippen MR) is 359 cm³/mol. The number of hydrogen-bond acceptors (Lipinski definition) is 24. The van der Waals surface area contributed by atoms with Crippen LogP contribution in [0.1, 0.15) is 93.0 Å². The van der Waals surface area contributed by atoms with Crippen molar-refractivity contribution in [2.24, 2.45) is 0 Å².